The van der Waals surface area contributed by atoms with Crippen LogP contribution in [0, 0.1) is 0 Å². The largest absolute Gasteiger partial charge is 0.417 e. The molecule has 1 rings (SSSR count). The lowest BCUT2D eigenvalue weighted by Crippen LogP contribution is -2.47. The number of hydrogen-bond donors (Lipinski definition) is 1. The fourth-order valence-corrected chi connectivity index (χ4v) is 8.02. The summed E-state index contributed by atoms with van der Waals surface area (Å²) in [5.41, 5.74) is -0.160. The molecule has 1 aliphatic rings. The first-order chi connectivity index (χ1) is 13.3. The van der Waals surface area contributed by atoms with Gasteiger partial charge in [-0.3, -0.25) is 0 Å². The van der Waals surface area contributed by atoms with Gasteiger partial charge in [0.05, 0.1) is 24.4 Å². The zero-order valence-corrected chi connectivity index (χ0v) is 22.9. The summed E-state index contributed by atoms with van der Waals surface area (Å²) in [6, 6.07) is 3.50. The molecule has 3 atom stereocenters. The van der Waals surface area contributed by atoms with E-state index in [1.54, 1.807) is 0 Å². The predicted molar refractivity (Wildman–Crippen MR) is 129 cm³/mol. The highest BCUT2D eigenvalue weighted by molar-refractivity contribution is 6.74. The third-order valence-corrected chi connectivity index (χ3v) is 16.8. The molecular formula is C23H50O4Si2. The van der Waals surface area contributed by atoms with E-state index in [1.165, 1.54) is 18.1 Å². The number of aliphatic hydroxyl groups excluding tert-OH is 1. The lowest BCUT2D eigenvalue weighted by atomic mass is 9.94. The molecule has 29 heavy (non-hydrogen) atoms. The summed E-state index contributed by atoms with van der Waals surface area (Å²) < 4.78 is 18.8. The molecule has 0 bridgehead atoms. The van der Waals surface area contributed by atoms with Gasteiger partial charge in [-0.15, -0.1) is 0 Å². The first kappa shape index (κ1) is 27.3. The summed E-state index contributed by atoms with van der Waals surface area (Å²) in [6.07, 6.45) is 4.59. The van der Waals surface area contributed by atoms with Gasteiger partial charge in [-0.2, -0.15) is 0 Å². The fraction of sp³-hybridized carbons (Fsp3) is 1.00. The summed E-state index contributed by atoms with van der Waals surface area (Å²) in [7, 11) is -3.45. The average Bonchev–Trinajstić information content (AvgIpc) is 3.42. The van der Waals surface area contributed by atoms with Crippen molar-refractivity contribution in [2.75, 3.05) is 13.2 Å². The van der Waals surface area contributed by atoms with Gasteiger partial charge in [0.1, 0.15) is 0 Å². The Morgan fingerprint density at radius 2 is 1.59 bits per heavy atom. The van der Waals surface area contributed by atoms with Crippen molar-refractivity contribution in [3.05, 3.63) is 0 Å². The molecule has 1 saturated heterocycles. The van der Waals surface area contributed by atoms with E-state index in [1.807, 2.05) is 0 Å². The minimum absolute atomic E-state index is 0.160. The zero-order chi connectivity index (χ0) is 22.3. The Morgan fingerprint density at radius 3 is 2.03 bits per heavy atom. The first-order valence-electron chi connectivity index (χ1n) is 12.0. The number of rotatable bonds is 15. The Balaban J connectivity index is 2.72. The van der Waals surface area contributed by atoms with Crippen LogP contribution in [0.15, 0.2) is 0 Å². The minimum Gasteiger partial charge on any atom is -0.417 e. The second kappa shape index (κ2) is 11.2. The van der Waals surface area contributed by atoms with E-state index in [4.69, 9.17) is 13.6 Å². The minimum atomic E-state index is -1.75. The normalized spacial score (nSPS) is 21.1. The highest BCUT2D eigenvalue weighted by Crippen LogP contribution is 2.38. The van der Waals surface area contributed by atoms with Crippen LogP contribution >= 0.6 is 0 Å². The smallest absolute Gasteiger partial charge is 0.192 e. The predicted octanol–water partition coefficient (Wildman–Crippen LogP) is 6.50. The quantitative estimate of drug-likeness (QED) is 0.230. The number of hydrogen-bond acceptors (Lipinski definition) is 4. The molecule has 0 aromatic heterocycles. The topological polar surface area (TPSA) is 51.2 Å². The number of ether oxygens (including phenoxy) is 1. The molecule has 0 aliphatic carbocycles. The standard InChI is InChI=1S/C23H50O4Si2/c1-10-29(11-2,12-3)27-23(7,15-13-14-20(24)18-21-19-25-21)16-17-26-28(8,9)22(4,5)6/h20-21,24H,10-19H2,1-9H3/t20-,21-,23+/m0/s1. The molecule has 6 heteroatoms. The molecule has 0 aromatic carbocycles. The highest BCUT2D eigenvalue weighted by atomic mass is 28.4. The van der Waals surface area contributed by atoms with Crippen molar-refractivity contribution in [2.24, 2.45) is 0 Å². The molecule has 174 valence electrons. The first-order valence-corrected chi connectivity index (χ1v) is 17.4. The SMILES string of the molecule is CC[Si](CC)(CC)O[C@](C)(CCC[C@H](O)C[C@H]1CO1)CCO[Si](C)(C)C(C)(C)C. The van der Waals surface area contributed by atoms with Gasteiger partial charge in [-0.1, -0.05) is 41.5 Å². The van der Waals surface area contributed by atoms with Crippen molar-refractivity contribution in [2.45, 2.75) is 135 Å². The maximum atomic E-state index is 10.3. The summed E-state index contributed by atoms with van der Waals surface area (Å²) >= 11 is 0. The molecule has 1 N–H and O–H groups in total. The summed E-state index contributed by atoms with van der Waals surface area (Å²) in [5.74, 6) is 0. The summed E-state index contributed by atoms with van der Waals surface area (Å²) in [6.45, 7) is 22.3. The van der Waals surface area contributed by atoms with E-state index in [0.717, 1.165) is 45.3 Å². The third kappa shape index (κ3) is 9.12. The maximum Gasteiger partial charge on any atom is 0.192 e. The second-order valence-corrected chi connectivity index (χ2v) is 20.4. The van der Waals surface area contributed by atoms with E-state index in [-0.39, 0.29) is 16.7 Å². The molecular weight excluding hydrogens is 396 g/mol. The van der Waals surface area contributed by atoms with Gasteiger partial charge >= 0.3 is 0 Å². The molecule has 1 aliphatic heterocycles. The molecule has 0 aromatic rings. The lowest BCUT2D eigenvalue weighted by Gasteiger charge is -2.42. The van der Waals surface area contributed by atoms with E-state index < -0.39 is 16.6 Å². The van der Waals surface area contributed by atoms with Gasteiger partial charge in [0.2, 0.25) is 0 Å². The van der Waals surface area contributed by atoms with Crippen LogP contribution in [0.5, 0.6) is 0 Å². The van der Waals surface area contributed by atoms with Crippen molar-refractivity contribution < 1.29 is 18.7 Å². The Hall–Kier alpha value is 0.274. The molecule has 4 nitrogen and oxygen atoms in total. The van der Waals surface area contributed by atoms with Crippen LogP contribution in [-0.2, 0) is 13.6 Å². The monoisotopic (exact) mass is 446 g/mol. The Morgan fingerprint density at radius 1 is 1.03 bits per heavy atom. The second-order valence-electron chi connectivity index (χ2n) is 10.9. The van der Waals surface area contributed by atoms with Crippen LogP contribution in [0.2, 0.25) is 36.3 Å². The fourth-order valence-electron chi connectivity index (χ4n) is 3.79. The maximum absolute atomic E-state index is 10.3. The molecule has 0 saturated carbocycles. The van der Waals surface area contributed by atoms with E-state index in [0.29, 0.717) is 6.10 Å². The van der Waals surface area contributed by atoms with Crippen molar-refractivity contribution in [3.8, 4) is 0 Å². The lowest BCUT2D eigenvalue weighted by molar-refractivity contribution is 0.0341. The van der Waals surface area contributed by atoms with E-state index >= 15 is 0 Å². The molecule has 0 amide bonds. The highest BCUT2D eigenvalue weighted by Gasteiger charge is 2.40. The molecule has 0 radical (unpaired) electrons. The molecule has 1 heterocycles. The molecule has 0 unspecified atom stereocenters. The summed E-state index contributed by atoms with van der Waals surface area (Å²) in [4.78, 5) is 0. The molecule has 0 spiro atoms. The number of epoxide rings is 1. The Labute approximate surface area is 183 Å². The van der Waals surface area contributed by atoms with Crippen LogP contribution in [0.3, 0.4) is 0 Å². The Bertz CT molecular complexity index is 462. The van der Waals surface area contributed by atoms with Crippen LogP contribution < -0.4 is 0 Å². The average molecular weight is 447 g/mol. The van der Waals surface area contributed by atoms with Crippen LogP contribution in [0.4, 0.5) is 0 Å². The van der Waals surface area contributed by atoms with Crippen molar-refractivity contribution in [1.29, 1.82) is 0 Å². The number of aliphatic hydroxyl groups is 1. The van der Waals surface area contributed by atoms with E-state index in [2.05, 4.69) is 61.6 Å². The summed E-state index contributed by atoms with van der Waals surface area (Å²) in [5, 5.41) is 10.5. The third-order valence-electron chi connectivity index (χ3n) is 7.48. The van der Waals surface area contributed by atoms with Gasteiger partial charge in [0.15, 0.2) is 16.6 Å². The van der Waals surface area contributed by atoms with Gasteiger partial charge in [-0.05, 0) is 68.9 Å². The van der Waals surface area contributed by atoms with Gasteiger partial charge in [0.25, 0.3) is 0 Å². The van der Waals surface area contributed by atoms with Crippen LogP contribution in [0.25, 0.3) is 0 Å². The van der Waals surface area contributed by atoms with Gasteiger partial charge < -0.3 is 18.7 Å². The van der Waals surface area contributed by atoms with Gasteiger partial charge in [-0.25, -0.2) is 0 Å². The van der Waals surface area contributed by atoms with Crippen molar-refractivity contribution in [1.82, 2.24) is 0 Å². The Kier molecular flexibility index (Phi) is 10.6. The van der Waals surface area contributed by atoms with Gasteiger partial charge in [0, 0.05) is 13.0 Å². The zero-order valence-electron chi connectivity index (χ0n) is 20.9. The van der Waals surface area contributed by atoms with E-state index in [9.17, 15) is 5.11 Å². The van der Waals surface area contributed by atoms with Crippen molar-refractivity contribution >= 4 is 16.6 Å². The van der Waals surface area contributed by atoms with Crippen molar-refractivity contribution in [3.63, 3.8) is 0 Å². The van der Waals surface area contributed by atoms with Crippen LogP contribution in [0.1, 0.15) is 80.6 Å². The van der Waals surface area contributed by atoms with Crippen LogP contribution in [-0.4, -0.2) is 52.8 Å². The molecule has 1 fully saturated rings.